The number of rotatable bonds is 1. The summed E-state index contributed by atoms with van der Waals surface area (Å²) in [6.45, 7) is 7.96. The van der Waals surface area contributed by atoms with Crippen molar-refractivity contribution >= 4 is 17.7 Å². The van der Waals surface area contributed by atoms with E-state index in [9.17, 15) is 9.59 Å². The Labute approximate surface area is 161 Å². The Bertz CT molecular complexity index is 757. The van der Waals surface area contributed by atoms with Crippen LogP contribution in [-0.2, 0) is 14.9 Å². The molecule has 0 bridgehead atoms. The molecule has 2 heterocycles. The highest BCUT2D eigenvalue weighted by Gasteiger charge is 2.64. The Kier molecular flexibility index (Phi) is 4.43. The van der Waals surface area contributed by atoms with Crippen molar-refractivity contribution in [3.05, 3.63) is 29.8 Å². The second-order valence-electron chi connectivity index (χ2n) is 9.46. The normalized spacial score (nSPS) is 27.1. The molecule has 1 atom stereocenters. The molecule has 5 heteroatoms. The summed E-state index contributed by atoms with van der Waals surface area (Å²) in [5.41, 5.74) is 1.27. The highest BCUT2D eigenvalue weighted by atomic mass is 16.6. The molecule has 1 saturated carbocycles. The lowest BCUT2D eigenvalue weighted by Gasteiger charge is -2.38. The largest absolute Gasteiger partial charge is 0.529 e. The summed E-state index contributed by atoms with van der Waals surface area (Å²) in [4.78, 5) is 27.3. The molecule has 2 amide bonds. The fraction of sp³-hybridized carbons (Fsp3) is 0.636. The van der Waals surface area contributed by atoms with Crippen LogP contribution in [0.25, 0.3) is 0 Å². The number of quaternary nitrogens is 1. The summed E-state index contributed by atoms with van der Waals surface area (Å²) < 4.78 is 5.60. The molecule has 3 aliphatic rings. The minimum absolute atomic E-state index is 0.0255. The number of amides is 2. The molecule has 2 aliphatic heterocycles. The van der Waals surface area contributed by atoms with Crippen LogP contribution in [0, 0.1) is 5.92 Å². The number of hydrogen-bond acceptors (Lipinski definition) is 4. The lowest BCUT2D eigenvalue weighted by Crippen LogP contribution is -2.64. The minimum Gasteiger partial charge on any atom is -0.414 e. The quantitative estimate of drug-likeness (QED) is 0.761. The van der Waals surface area contributed by atoms with Crippen LogP contribution in [0.5, 0.6) is 0 Å². The van der Waals surface area contributed by atoms with E-state index in [0.29, 0.717) is 6.54 Å². The van der Waals surface area contributed by atoms with Crippen molar-refractivity contribution in [1.29, 1.82) is 0 Å². The van der Waals surface area contributed by atoms with Gasteiger partial charge in [-0.1, -0.05) is 24.6 Å². The van der Waals surface area contributed by atoms with Gasteiger partial charge >= 0.3 is 12.0 Å². The molecule has 2 fully saturated rings. The topological polar surface area (TPSA) is 55.4 Å². The van der Waals surface area contributed by atoms with Crippen molar-refractivity contribution < 1.29 is 14.3 Å². The first-order valence-electron chi connectivity index (χ1n) is 10.3. The van der Waals surface area contributed by atoms with E-state index >= 15 is 0 Å². The molecule has 146 valence electrons. The maximum absolute atomic E-state index is 13.7. The van der Waals surface area contributed by atoms with Gasteiger partial charge in [-0.25, -0.2) is 4.79 Å². The number of nitrogens with zero attached hydrogens (tertiary/aromatic N) is 1. The summed E-state index contributed by atoms with van der Waals surface area (Å²) in [5, 5.41) is 3.43. The molecule has 1 unspecified atom stereocenters. The first-order valence-corrected chi connectivity index (χ1v) is 10.3. The molecule has 1 aromatic rings. The van der Waals surface area contributed by atoms with E-state index in [1.54, 1.807) is 0 Å². The van der Waals surface area contributed by atoms with Crippen LogP contribution in [0.2, 0.25) is 0 Å². The Morgan fingerprint density at radius 1 is 1.15 bits per heavy atom. The van der Waals surface area contributed by atoms with Gasteiger partial charge in [0, 0.05) is 11.6 Å². The Morgan fingerprint density at radius 3 is 2.41 bits per heavy atom. The predicted molar refractivity (Wildman–Crippen MR) is 105 cm³/mol. The summed E-state index contributed by atoms with van der Waals surface area (Å²) in [7, 11) is 0. The van der Waals surface area contributed by atoms with E-state index in [2.05, 4.69) is 11.4 Å². The van der Waals surface area contributed by atoms with Crippen molar-refractivity contribution in [3.63, 3.8) is 0 Å². The van der Waals surface area contributed by atoms with Crippen molar-refractivity contribution in [3.8, 4) is 0 Å². The van der Waals surface area contributed by atoms with E-state index in [1.165, 1.54) is 5.56 Å². The molecule has 1 aromatic carbocycles. The monoisotopic (exact) mass is 371 g/mol. The number of ether oxygens (including phenoxy) is 1. The molecule has 1 spiro atoms. The third-order valence-electron chi connectivity index (χ3n) is 6.52. The van der Waals surface area contributed by atoms with Gasteiger partial charge < -0.3 is 10.1 Å². The number of benzene rings is 1. The molecule has 27 heavy (non-hydrogen) atoms. The number of nitrogens with one attached hydrogen (secondary N) is 1. The molecular formula is C22H31N2O3+. The van der Waals surface area contributed by atoms with Gasteiger partial charge in [0.25, 0.3) is 0 Å². The number of carbonyl (C=O) groups excluding carboxylic acids is 2. The summed E-state index contributed by atoms with van der Waals surface area (Å²) in [6.07, 6.45) is 4.34. The summed E-state index contributed by atoms with van der Waals surface area (Å²) in [6, 6.07) is 8.08. The molecular weight excluding hydrogens is 340 g/mol. The lowest BCUT2D eigenvalue weighted by atomic mass is 9.74. The predicted octanol–water partition coefficient (Wildman–Crippen LogP) is 3.89. The third kappa shape index (κ3) is 2.92. The van der Waals surface area contributed by atoms with Gasteiger partial charge in [-0.15, -0.1) is 4.48 Å². The maximum atomic E-state index is 13.7. The van der Waals surface area contributed by atoms with Gasteiger partial charge in [0.2, 0.25) is 0 Å². The lowest BCUT2D eigenvalue weighted by molar-refractivity contribution is -0.136. The average molecular weight is 372 g/mol. The van der Waals surface area contributed by atoms with Crippen LogP contribution in [0.15, 0.2) is 24.3 Å². The van der Waals surface area contributed by atoms with Crippen molar-refractivity contribution in [1.82, 2.24) is 9.80 Å². The van der Waals surface area contributed by atoms with E-state index in [4.69, 9.17) is 4.74 Å². The number of hydrogen-bond donors (Lipinski definition) is 1. The molecule has 5 nitrogen and oxygen atoms in total. The Hall–Kier alpha value is -1.72. The highest BCUT2D eigenvalue weighted by molar-refractivity contribution is 6.09. The molecule has 1 aliphatic carbocycles. The SMILES string of the molecule is CC(C)(C)OC(=O)[N+]1(C(=O)C2CCC2)CC2(CCNCC2)c2ccccc21. The van der Waals surface area contributed by atoms with Crippen LogP contribution in [0.1, 0.15) is 58.4 Å². The van der Waals surface area contributed by atoms with Crippen LogP contribution in [0.3, 0.4) is 0 Å². The van der Waals surface area contributed by atoms with Crippen molar-refractivity contribution in [2.75, 3.05) is 19.6 Å². The fourth-order valence-electron chi connectivity index (χ4n) is 4.97. The van der Waals surface area contributed by atoms with Crippen molar-refractivity contribution in [2.24, 2.45) is 5.92 Å². The average Bonchev–Trinajstić information content (AvgIpc) is 2.84. The highest BCUT2D eigenvalue weighted by Crippen LogP contribution is 2.52. The van der Waals surface area contributed by atoms with Crippen LogP contribution >= 0.6 is 0 Å². The van der Waals surface area contributed by atoms with Gasteiger partial charge in [0.05, 0.1) is 11.3 Å². The van der Waals surface area contributed by atoms with E-state index in [-0.39, 0.29) is 21.7 Å². The number of para-hydroxylation sites is 1. The van der Waals surface area contributed by atoms with Gasteiger partial charge in [-0.3, -0.25) is 0 Å². The second kappa shape index (κ2) is 6.42. The summed E-state index contributed by atoms with van der Waals surface area (Å²) in [5.74, 6) is 0.0146. The van der Waals surface area contributed by atoms with E-state index < -0.39 is 11.7 Å². The number of imide groups is 1. The molecule has 4 rings (SSSR count). The Balaban J connectivity index is 1.85. The zero-order chi connectivity index (χ0) is 19.3. The smallest absolute Gasteiger partial charge is 0.414 e. The van der Waals surface area contributed by atoms with E-state index in [1.807, 2.05) is 39.0 Å². The first kappa shape index (κ1) is 18.6. The minimum atomic E-state index is -0.624. The Morgan fingerprint density at radius 2 is 1.81 bits per heavy atom. The van der Waals surface area contributed by atoms with Crippen LogP contribution < -0.4 is 9.80 Å². The number of carbonyl (C=O) groups is 2. The number of piperidine rings is 1. The van der Waals surface area contributed by atoms with Gasteiger partial charge in [-0.2, -0.15) is 4.79 Å². The third-order valence-corrected chi connectivity index (χ3v) is 6.52. The zero-order valence-corrected chi connectivity index (χ0v) is 16.7. The fourth-order valence-corrected chi connectivity index (χ4v) is 4.97. The first-order chi connectivity index (χ1) is 12.8. The van der Waals surface area contributed by atoms with Gasteiger partial charge in [0.15, 0.2) is 5.69 Å². The van der Waals surface area contributed by atoms with Gasteiger partial charge in [-0.05, 0) is 59.5 Å². The standard InChI is InChI=1S/C22H31N2O3/c1-21(2,3)27-20(26)24(19(25)16-7-6-8-16)15-22(11-13-23-14-12-22)17-9-4-5-10-18(17)24/h4-5,9-10,16,23H,6-8,11-15H2,1-3H3/q+1. The number of fused-ring (bicyclic) bond motifs is 2. The molecule has 0 radical (unpaired) electrons. The molecule has 0 aromatic heterocycles. The second-order valence-corrected chi connectivity index (χ2v) is 9.46. The van der Waals surface area contributed by atoms with Crippen LogP contribution in [0.4, 0.5) is 10.5 Å². The van der Waals surface area contributed by atoms with Crippen molar-refractivity contribution in [2.45, 2.75) is 63.9 Å². The zero-order valence-electron chi connectivity index (χ0n) is 16.7. The molecule has 1 N–H and O–H groups in total. The van der Waals surface area contributed by atoms with Crippen LogP contribution in [-0.4, -0.2) is 37.2 Å². The van der Waals surface area contributed by atoms with Gasteiger partial charge in [0.1, 0.15) is 12.1 Å². The van der Waals surface area contributed by atoms with E-state index in [0.717, 1.165) is 50.9 Å². The maximum Gasteiger partial charge on any atom is 0.529 e. The molecule has 1 saturated heterocycles. The summed E-state index contributed by atoms with van der Waals surface area (Å²) >= 11 is 0.